The molecule has 0 saturated carbocycles. The van der Waals surface area contributed by atoms with Gasteiger partial charge in [-0.05, 0) is 13.8 Å². The van der Waals surface area contributed by atoms with Crippen molar-refractivity contribution in [1.29, 1.82) is 0 Å². The lowest BCUT2D eigenvalue weighted by Crippen LogP contribution is -2.32. The molecule has 1 aromatic carbocycles. The summed E-state index contributed by atoms with van der Waals surface area (Å²) >= 11 is 0. The van der Waals surface area contributed by atoms with E-state index in [1.807, 2.05) is 13.8 Å². The van der Waals surface area contributed by atoms with Crippen LogP contribution in [0.1, 0.15) is 24.2 Å². The molecule has 0 aliphatic carbocycles. The lowest BCUT2D eigenvalue weighted by Gasteiger charge is -2.18. The van der Waals surface area contributed by atoms with Crippen molar-refractivity contribution in [3.63, 3.8) is 0 Å². The standard InChI is InChI=1S/C19H24N2O5/c1-5-20-18(21-6-2)16(17(23)13-10-8-7-9-11-13)14(19(24)26-4)12-15(22)25-3/h7-12,20-21H,5-6H2,1-4H3/b14-12+. The van der Waals surface area contributed by atoms with Crippen LogP contribution < -0.4 is 10.6 Å². The molecule has 0 bridgehead atoms. The van der Waals surface area contributed by atoms with E-state index in [9.17, 15) is 14.4 Å². The summed E-state index contributed by atoms with van der Waals surface area (Å²) in [6, 6.07) is 8.47. The van der Waals surface area contributed by atoms with Crippen molar-refractivity contribution in [2.75, 3.05) is 27.3 Å². The van der Waals surface area contributed by atoms with Gasteiger partial charge in [0.1, 0.15) is 5.82 Å². The fourth-order valence-electron chi connectivity index (χ4n) is 2.22. The van der Waals surface area contributed by atoms with Crippen LogP contribution in [0.3, 0.4) is 0 Å². The van der Waals surface area contributed by atoms with E-state index in [0.717, 1.165) is 6.08 Å². The van der Waals surface area contributed by atoms with Crippen LogP contribution in [-0.2, 0) is 19.1 Å². The number of Topliss-reactive ketones (excluding diaryl/α,β-unsaturated/α-hetero) is 1. The van der Waals surface area contributed by atoms with E-state index in [-0.39, 0.29) is 11.1 Å². The Morgan fingerprint density at radius 1 is 0.962 bits per heavy atom. The number of methoxy groups -OCH3 is 2. The molecule has 2 N–H and O–H groups in total. The SMILES string of the molecule is CCNC(NCC)=C(C(=O)c1ccccc1)/C(=C\C(=O)OC)C(=O)OC. The second kappa shape index (κ2) is 10.7. The first-order valence-corrected chi connectivity index (χ1v) is 8.20. The van der Waals surface area contributed by atoms with Crippen molar-refractivity contribution in [2.45, 2.75) is 13.8 Å². The maximum atomic E-state index is 13.1. The van der Waals surface area contributed by atoms with Gasteiger partial charge in [-0.2, -0.15) is 0 Å². The molecule has 0 radical (unpaired) electrons. The van der Waals surface area contributed by atoms with Gasteiger partial charge < -0.3 is 20.1 Å². The Labute approximate surface area is 153 Å². The minimum Gasteiger partial charge on any atom is -0.466 e. The van der Waals surface area contributed by atoms with Gasteiger partial charge in [0, 0.05) is 24.7 Å². The summed E-state index contributed by atoms with van der Waals surface area (Å²) in [6.07, 6.45) is 0.955. The summed E-state index contributed by atoms with van der Waals surface area (Å²) in [4.78, 5) is 37.2. The minimum absolute atomic E-state index is 0.0113. The van der Waals surface area contributed by atoms with E-state index in [1.165, 1.54) is 14.2 Å². The third kappa shape index (κ3) is 5.47. The van der Waals surface area contributed by atoms with Crippen LogP contribution in [0.25, 0.3) is 0 Å². The van der Waals surface area contributed by atoms with Gasteiger partial charge in [-0.15, -0.1) is 0 Å². The van der Waals surface area contributed by atoms with Crippen LogP contribution in [-0.4, -0.2) is 45.0 Å². The van der Waals surface area contributed by atoms with Crippen LogP contribution in [0.4, 0.5) is 0 Å². The number of ether oxygens (including phenoxy) is 2. The maximum absolute atomic E-state index is 13.1. The molecule has 0 amide bonds. The number of carbonyl (C=O) groups excluding carboxylic acids is 3. The van der Waals surface area contributed by atoms with E-state index < -0.39 is 17.7 Å². The van der Waals surface area contributed by atoms with E-state index in [0.29, 0.717) is 24.5 Å². The number of ketones is 1. The molecule has 0 saturated heterocycles. The molecule has 0 aliphatic rings. The largest absolute Gasteiger partial charge is 0.466 e. The fourth-order valence-corrected chi connectivity index (χ4v) is 2.22. The van der Waals surface area contributed by atoms with E-state index in [1.54, 1.807) is 30.3 Å². The molecular formula is C19H24N2O5. The highest BCUT2D eigenvalue weighted by molar-refractivity contribution is 6.19. The van der Waals surface area contributed by atoms with Gasteiger partial charge in [0.2, 0.25) is 0 Å². The summed E-state index contributed by atoms with van der Waals surface area (Å²) in [6.45, 7) is 4.70. The van der Waals surface area contributed by atoms with Crippen molar-refractivity contribution < 1.29 is 23.9 Å². The summed E-state index contributed by atoms with van der Waals surface area (Å²) in [5.74, 6) is -1.67. The highest BCUT2D eigenvalue weighted by atomic mass is 16.5. The minimum atomic E-state index is -0.817. The average molecular weight is 360 g/mol. The first-order chi connectivity index (χ1) is 12.5. The summed E-state index contributed by atoms with van der Waals surface area (Å²) in [5.41, 5.74) is 0.192. The van der Waals surface area contributed by atoms with E-state index in [4.69, 9.17) is 4.74 Å². The molecule has 0 atom stereocenters. The summed E-state index contributed by atoms with van der Waals surface area (Å²) in [5, 5.41) is 6.06. The second-order valence-electron chi connectivity index (χ2n) is 5.08. The third-order valence-electron chi connectivity index (χ3n) is 3.36. The number of hydrogen-bond donors (Lipinski definition) is 2. The van der Waals surface area contributed by atoms with Crippen molar-refractivity contribution in [1.82, 2.24) is 10.6 Å². The molecule has 7 nitrogen and oxygen atoms in total. The first kappa shape index (κ1) is 21.0. The van der Waals surface area contributed by atoms with E-state index >= 15 is 0 Å². The Hall–Kier alpha value is -3.09. The predicted octanol–water partition coefficient (Wildman–Crippen LogP) is 1.57. The molecule has 0 unspecified atom stereocenters. The van der Waals surface area contributed by atoms with Crippen LogP contribution in [0.15, 0.2) is 53.4 Å². The number of nitrogens with one attached hydrogen (secondary N) is 2. The number of benzene rings is 1. The zero-order valence-electron chi connectivity index (χ0n) is 15.4. The molecule has 0 heterocycles. The van der Waals surface area contributed by atoms with Gasteiger partial charge in [-0.3, -0.25) is 4.79 Å². The lowest BCUT2D eigenvalue weighted by molar-refractivity contribution is -0.138. The fraction of sp³-hybridized carbons (Fsp3) is 0.316. The monoisotopic (exact) mass is 360 g/mol. The lowest BCUT2D eigenvalue weighted by atomic mass is 9.95. The summed E-state index contributed by atoms with van der Waals surface area (Å²) < 4.78 is 9.39. The molecule has 140 valence electrons. The smallest absolute Gasteiger partial charge is 0.339 e. The molecule has 26 heavy (non-hydrogen) atoms. The normalized spacial score (nSPS) is 10.5. The molecule has 0 aliphatic heterocycles. The number of carbonyl (C=O) groups is 3. The Balaban J connectivity index is 3.67. The number of esters is 2. The molecular weight excluding hydrogens is 336 g/mol. The van der Waals surface area contributed by atoms with Crippen molar-refractivity contribution >= 4 is 17.7 Å². The Morgan fingerprint density at radius 2 is 1.54 bits per heavy atom. The van der Waals surface area contributed by atoms with Gasteiger partial charge in [0.25, 0.3) is 0 Å². The molecule has 0 aromatic heterocycles. The van der Waals surface area contributed by atoms with Gasteiger partial charge in [-0.25, -0.2) is 9.59 Å². The van der Waals surface area contributed by atoms with Crippen LogP contribution in [0.2, 0.25) is 0 Å². The summed E-state index contributed by atoms with van der Waals surface area (Å²) in [7, 11) is 2.36. The maximum Gasteiger partial charge on any atom is 0.339 e. The van der Waals surface area contributed by atoms with Gasteiger partial charge in [0.05, 0.1) is 25.4 Å². The molecule has 0 spiro atoms. The zero-order chi connectivity index (χ0) is 19.5. The molecule has 0 fully saturated rings. The number of rotatable bonds is 9. The first-order valence-electron chi connectivity index (χ1n) is 8.20. The van der Waals surface area contributed by atoms with Crippen LogP contribution in [0, 0.1) is 0 Å². The zero-order valence-corrected chi connectivity index (χ0v) is 15.4. The van der Waals surface area contributed by atoms with Crippen molar-refractivity contribution in [3.05, 3.63) is 58.9 Å². The van der Waals surface area contributed by atoms with Crippen LogP contribution >= 0.6 is 0 Å². The van der Waals surface area contributed by atoms with Gasteiger partial charge in [0.15, 0.2) is 5.78 Å². The molecule has 7 heteroatoms. The second-order valence-corrected chi connectivity index (χ2v) is 5.08. The molecule has 1 rings (SSSR count). The van der Waals surface area contributed by atoms with E-state index in [2.05, 4.69) is 15.4 Å². The van der Waals surface area contributed by atoms with Gasteiger partial charge >= 0.3 is 11.9 Å². The highest BCUT2D eigenvalue weighted by Crippen LogP contribution is 2.20. The van der Waals surface area contributed by atoms with Crippen molar-refractivity contribution in [2.24, 2.45) is 0 Å². The highest BCUT2D eigenvalue weighted by Gasteiger charge is 2.27. The van der Waals surface area contributed by atoms with Crippen LogP contribution in [0.5, 0.6) is 0 Å². The molecule has 1 aromatic rings. The quantitative estimate of drug-likeness (QED) is 0.299. The average Bonchev–Trinajstić information content (AvgIpc) is 2.67. The Kier molecular flexibility index (Phi) is 8.63. The Morgan fingerprint density at radius 3 is 2.00 bits per heavy atom. The van der Waals surface area contributed by atoms with Crippen molar-refractivity contribution in [3.8, 4) is 0 Å². The Bertz CT molecular complexity index is 700. The third-order valence-corrected chi connectivity index (χ3v) is 3.36. The predicted molar refractivity (Wildman–Crippen MR) is 97.3 cm³/mol. The number of hydrogen-bond acceptors (Lipinski definition) is 7. The topological polar surface area (TPSA) is 93.7 Å². The van der Waals surface area contributed by atoms with Gasteiger partial charge in [-0.1, -0.05) is 30.3 Å².